The van der Waals surface area contributed by atoms with Gasteiger partial charge in [0.25, 0.3) is 0 Å². The Bertz CT molecular complexity index is 546. The van der Waals surface area contributed by atoms with Gasteiger partial charge in [0.05, 0.1) is 6.61 Å². The van der Waals surface area contributed by atoms with Crippen LogP contribution >= 0.6 is 0 Å². The SMILES string of the molecule is Cc1ccc(COC(=O)OCCCc2ccccc2)cc1. The zero-order chi connectivity index (χ0) is 14.9. The minimum atomic E-state index is -0.608. The van der Waals surface area contributed by atoms with E-state index >= 15 is 0 Å². The third kappa shape index (κ3) is 5.69. The van der Waals surface area contributed by atoms with Crippen LogP contribution in [0.15, 0.2) is 54.6 Å². The van der Waals surface area contributed by atoms with Crippen molar-refractivity contribution in [2.24, 2.45) is 0 Å². The van der Waals surface area contributed by atoms with E-state index in [4.69, 9.17) is 9.47 Å². The van der Waals surface area contributed by atoms with Gasteiger partial charge in [-0.3, -0.25) is 0 Å². The summed E-state index contributed by atoms with van der Waals surface area (Å²) >= 11 is 0. The zero-order valence-corrected chi connectivity index (χ0v) is 12.2. The molecule has 0 aliphatic heterocycles. The maximum absolute atomic E-state index is 11.5. The van der Waals surface area contributed by atoms with Crippen LogP contribution in [0.5, 0.6) is 0 Å². The molecule has 0 aliphatic carbocycles. The molecule has 0 bridgehead atoms. The Kier molecular flexibility index (Phi) is 5.83. The second-order valence-corrected chi connectivity index (χ2v) is 4.96. The van der Waals surface area contributed by atoms with Crippen LogP contribution in [0.4, 0.5) is 4.79 Å². The van der Waals surface area contributed by atoms with Crippen molar-refractivity contribution in [1.82, 2.24) is 0 Å². The molecular weight excluding hydrogens is 264 g/mol. The van der Waals surface area contributed by atoms with Gasteiger partial charge in [0.1, 0.15) is 6.61 Å². The molecule has 0 amide bonds. The molecule has 2 aromatic rings. The molecule has 0 fully saturated rings. The van der Waals surface area contributed by atoms with Crippen LogP contribution in [0.2, 0.25) is 0 Å². The molecule has 0 radical (unpaired) electrons. The molecule has 2 aromatic carbocycles. The van der Waals surface area contributed by atoms with E-state index in [-0.39, 0.29) is 6.61 Å². The normalized spacial score (nSPS) is 10.1. The molecule has 0 heterocycles. The van der Waals surface area contributed by atoms with Crippen molar-refractivity contribution in [1.29, 1.82) is 0 Å². The highest BCUT2D eigenvalue weighted by Gasteiger charge is 2.04. The number of aryl methyl sites for hydroxylation is 2. The van der Waals surface area contributed by atoms with E-state index in [0.717, 1.165) is 18.4 Å². The number of carbonyl (C=O) groups excluding carboxylic acids is 1. The van der Waals surface area contributed by atoms with Crippen LogP contribution < -0.4 is 0 Å². The van der Waals surface area contributed by atoms with Crippen LogP contribution in [0.1, 0.15) is 23.1 Å². The summed E-state index contributed by atoms with van der Waals surface area (Å²) < 4.78 is 10.1. The van der Waals surface area contributed by atoms with E-state index in [1.807, 2.05) is 49.4 Å². The summed E-state index contributed by atoms with van der Waals surface area (Å²) in [5.41, 5.74) is 3.39. The lowest BCUT2D eigenvalue weighted by Crippen LogP contribution is -2.09. The van der Waals surface area contributed by atoms with Gasteiger partial charge in [-0.25, -0.2) is 4.79 Å². The first kappa shape index (κ1) is 15.1. The standard InChI is InChI=1S/C18H20O3/c1-15-9-11-17(12-10-15)14-21-18(19)20-13-5-8-16-6-3-2-4-7-16/h2-4,6-7,9-12H,5,8,13-14H2,1H3. The molecular formula is C18H20O3. The zero-order valence-electron chi connectivity index (χ0n) is 12.2. The molecule has 21 heavy (non-hydrogen) atoms. The third-order valence-electron chi connectivity index (χ3n) is 3.15. The van der Waals surface area contributed by atoms with Gasteiger partial charge in [-0.15, -0.1) is 0 Å². The van der Waals surface area contributed by atoms with Crippen molar-refractivity contribution >= 4 is 6.16 Å². The molecule has 0 spiro atoms. The summed E-state index contributed by atoms with van der Waals surface area (Å²) in [5, 5.41) is 0. The Hall–Kier alpha value is -2.29. The predicted molar refractivity (Wildman–Crippen MR) is 82.1 cm³/mol. The number of rotatable bonds is 6. The Labute approximate surface area is 125 Å². The Morgan fingerprint density at radius 2 is 1.62 bits per heavy atom. The first-order chi connectivity index (χ1) is 10.2. The molecule has 0 aliphatic rings. The fourth-order valence-electron chi connectivity index (χ4n) is 1.94. The smallest absolute Gasteiger partial charge is 0.434 e. The van der Waals surface area contributed by atoms with Gasteiger partial charge in [0, 0.05) is 0 Å². The van der Waals surface area contributed by atoms with E-state index in [9.17, 15) is 4.79 Å². The molecule has 2 rings (SSSR count). The van der Waals surface area contributed by atoms with Gasteiger partial charge in [-0.05, 0) is 30.9 Å². The first-order valence-electron chi connectivity index (χ1n) is 7.13. The second kappa shape index (κ2) is 8.10. The fraction of sp³-hybridized carbons (Fsp3) is 0.278. The summed E-state index contributed by atoms with van der Waals surface area (Å²) in [7, 11) is 0. The van der Waals surface area contributed by atoms with Gasteiger partial charge < -0.3 is 9.47 Å². The topological polar surface area (TPSA) is 35.5 Å². The third-order valence-corrected chi connectivity index (χ3v) is 3.15. The molecule has 110 valence electrons. The molecule has 0 unspecified atom stereocenters. The van der Waals surface area contributed by atoms with E-state index in [2.05, 4.69) is 12.1 Å². The maximum atomic E-state index is 11.5. The summed E-state index contributed by atoms with van der Waals surface area (Å²) in [6.45, 7) is 2.64. The van der Waals surface area contributed by atoms with Gasteiger partial charge in [0.15, 0.2) is 0 Å². The van der Waals surface area contributed by atoms with Crippen LogP contribution in [0.3, 0.4) is 0 Å². The maximum Gasteiger partial charge on any atom is 0.508 e. The van der Waals surface area contributed by atoms with E-state index < -0.39 is 6.16 Å². The second-order valence-electron chi connectivity index (χ2n) is 4.96. The highest BCUT2D eigenvalue weighted by atomic mass is 16.7. The van der Waals surface area contributed by atoms with Crippen molar-refractivity contribution in [3.05, 3.63) is 71.3 Å². The van der Waals surface area contributed by atoms with Crippen molar-refractivity contribution in [3.8, 4) is 0 Å². The molecule has 3 nitrogen and oxygen atoms in total. The highest BCUT2D eigenvalue weighted by Crippen LogP contribution is 2.06. The van der Waals surface area contributed by atoms with Gasteiger partial charge in [-0.1, -0.05) is 60.2 Å². The molecule has 0 atom stereocenters. The minimum Gasteiger partial charge on any atom is -0.434 e. The lowest BCUT2D eigenvalue weighted by atomic mass is 10.1. The molecule has 0 saturated heterocycles. The van der Waals surface area contributed by atoms with Crippen molar-refractivity contribution < 1.29 is 14.3 Å². The average molecular weight is 284 g/mol. The van der Waals surface area contributed by atoms with Gasteiger partial charge in [0.2, 0.25) is 0 Å². The quantitative estimate of drug-likeness (QED) is 0.586. The number of hydrogen-bond donors (Lipinski definition) is 0. The average Bonchev–Trinajstić information content (AvgIpc) is 2.52. The number of benzene rings is 2. The summed E-state index contributed by atoms with van der Waals surface area (Å²) in [6, 6.07) is 18.0. The van der Waals surface area contributed by atoms with E-state index in [1.54, 1.807) is 0 Å². The Morgan fingerprint density at radius 3 is 2.33 bits per heavy atom. The molecule has 0 aromatic heterocycles. The minimum absolute atomic E-state index is 0.248. The number of hydrogen-bond acceptors (Lipinski definition) is 3. The highest BCUT2D eigenvalue weighted by molar-refractivity contribution is 5.59. The van der Waals surface area contributed by atoms with Crippen LogP contribution in [-0.4, -0.2) is 12.8 Å². The van der Waals surface area contributed by atoms with E-state index in [1.165, 1.54) is 11.1 Å². The summed E-state index contributed by atoms with van der Waals surface area (Å²) in [5.74, 6) is 0. The van der Waals surface area contributed by atoms with Crippen molar-refractivity contribution in [2.75, 3.05) is 6.61 Å². The summed E-state index contributed by atoms with van der Waals surface area (Å²) in [6.07, 6.45) is 1.08. The Balaban J connectivity index is 1.60. The Morgan fingerprint density at radius 1 is 0.905 bits per heavy atom. The molecule has 3 heteroatoms. The lowest BCUT2D eigenvalue weighted by Gasteiger charge is -2.06. The van der Waals surface area contributed by atoms with E-state index in [0.29, 0.717) is 6.61 Å². The number of ether oxygens (including phenoxy) is 2. The molecule has 0 N–H and O–H groups in total. The lowest BCUT2D eigenvalue weighted by molar-refractivity contribution is 0.0492. The van der Waals surface area contributed by atoms with Crippen LogP contribution in [-0.2, 0) is 22.5 Å². The predicted octanol–water partition coefficient (Wildman–Crippen LogP) is 4.28. The number of carbonyl (C=O) groups is 1. The van der Waals surface area contributed by atoms with Crippen molar-refractivity contribution in [3.63, 3.8) is 0 Å². The van der Waals surface area contributed by atoms with Crippen molar-refractivity contribution in [2.45, 2.75) is 26.4 Å². The largest absolute Gasteiger partial charge is 0.508 e. The fourth-order valence-corrected chi connectivity index (χ4v) is 1.94. The monoisotopic (exact) mass is 284 g/mol. The molecule has 0 saturated carbocycles. The van der Waals surface area contributed by atoms with Crippen LogP contribution in [0.25, 0.3) is 0 Å². The van der Waals surface area contributed by atoms with Gasteiger partial charge >= 0.3 is 6.16 Å². The summed E-state index contributed by atoms with van der Waals surface area (Å²) in [4.78, 5) is 11.5. The first-order valence-corrected chi connectivity index (χ1v) is 7.13. The van der Waals surface area contributed by atoms with Gasteiger partial charge in [-0.2, -0.15) is 0 Å². The van der Waals surface area contributed by atoms with Crippen LogP contribution in [0, 0.1) is 6.92 Å².